The smallest absolute Gasteiger partial charge is 0.160 e. The molecule has 0 aliphatic heterocycles. The Labute approximate surface area is 767 Å². The maximum atomic E-state index is 11.0. The molecule has 2 spiro atoms. The predicted octanol–water partition coefficient (Wildman–Crippen LogP) is 30.1. The van der Waals surface area contributed by atoms with Crippen molar-refractivity contribution in [3.63, 3.8) is 0 Å². The molecular weight excluding hydrogens is 1660 g/mol. The van der Waals surface area contributed by atoms with E-state index in [1.54, 1.807) is 0 Å². The van der Waals surface area contributed by atoms with Crippen molar-refractivity contribution in [2.45, 2.75) is 55.8 Å². The average Bonchev–Trinajstić information content (AvgIpc) is 1.50. The van der Waals surface area contributed by atoms with Gasteiger partial charge in [-0.1, -0.05) is 355 Å². The van der Waals surface area contributed by atoms with Crippen LogP contribution in [0.4, 0.5) is 0 Å². The number of benzene rings is 18. The summed E-state index contributed by atoms with van der Waals surface area (Å²) < 4.78 is 3.00. The highest BCUT2D eigenvalue weighted by atomic mass is 79.9. The highest BCUT2D eigenvalue weighted by Gasteiger charge is 2.55. The lowest BCUT2D eigenvalue weighted by Crippen LogP contribution is -2.25. The molecule has 0 amide bonds. The summed E-state index contributed by atoms with van der Waals surface area (Å²) in [5, 5.41) is 28.3. The second-order valence-electron chi connectivity index (χ2n) is 36.7. The van der Waals surface area contributed by atoms with Crippen molar-refractivity contribution in [3.05, 3.63) is 482 Å². The fourth-order valence-electron chi connectivity index (χ4n) is 24.0. The lowest BCUT2D eigenvalue weighted by atomic mass is 9.70. The second kappa shape index (κ2) is 28.4. The number of fused-ring (bicyclic) bond motifs is 34. The molecule has 8 heteroatoms. The average molecular weight is 1730 g/mol. The van der Waals surface area contributed by atoms with Crippen LogP contribution in [-0.2, 0) is 28.1 Å². The molecule has 3 heterocycles. The van der Waals surface area contributed by atoms with Crippen LogP contribution in [0, 0.1) is 22.7 Å². The molecule has 21 aromatic rings. The number of nitriles is 2. The Bertz CT molecular complexity index is 8630. The zero-order valence-electron chi connectivity index (χ0n) is 72.2. The summed E-state index contributed by atoms with van der Waals surface area (Å²) in [6, 6.07) is 145. The third-order valence-electron chi connectivity index (χ3n) is 29.5. The molecule has 131 heavy (non-hydrogen) atoms. The van der Waals surface area contributed by atoms with Gasteiger partial charge in [-0.2, -0.15) is 10.5 Å². The summed E-state index contributed by atoms with van der Waals surface area (Å²) in [6.45, 7) is 9.20. The lowest BCUT2D eigenvalue weighted by molar-refractivity contribution is 0.657. The molecule has 0 bridgehead atoms. The molecule has 0 radical (unpaired) electrons. The first-order chi connectivity index (χ1) is 64.3. The normalized spacial score (nSPS) is 14.2. The van der Waals surface area contributed by atoms with Gasteiger partial charge in [-0.05, 0) is 227 Å². The topological polar surface area (TPSA) is 104 Å². The van der Waals surface area contributed by atoms with Crippen LogP contribution in [0.1, 0.15) is 117 Å². The molecule has 0 unspecified atom stereocenters. The molecular formula is C123H78BrN7. The van der Waals surface area contributed by atoms with Crippen LogP contribution in [-0.4, -0.2) is 24.5 Å². The van der Waals surface area contributed by atoms with E-state index in [-0.39, 0.29) is 10.8 Å². The summed E-state index contributed by atoms with van der Waals surface area (Å²) in [7, 11) is 0. The first kappa shape index (κ1) is 76.2. The third-order valence-corrected chi connectivity index (χ3v) is 30.2. The van der Waals surface area contributed by atoms with E-state index in [9.17, 15) is 10.5 Å². The third kappa shape index (κ3) is 10.7. The molecule has 0 atom stereocenters. The first-order valence-corrected chi connectivity index (χ1v) is 45.8. The van der Waals surface area contributed by atoms with Gasteiger partial charge >= 0.3 is 0 Å². The van der Waals surface area contributed by atoms with Crippen molar-refractivity contribution in [2.75, 3.05) is 0 Å². The van der Waals surface area contributed by atoms with Gasteiger partial charge in [-0.3, -0.25) is 0 Å². The number of hydrogen-bond donors (Lipinski definition) is 0. The van der Waals surface area contributed by atoms with E-state index in [0.717, 1.165) is 111 Å². The quantitative estimate of drug-likeness (QED) is 0.170. The van der Waals surface area contributed by atoms with Crippen molar-refractivity contribution in [1.29, 1.82) is 10.5 Å². The van der Waals surface area contributed by atoms with Gasteiger partial charge in [-0.15, -0.1) is 0 Å². The van der Waals surface area contributed by atoms with Crippen LogP contribution in [0.15, 0.2) is 393 Å². The van der Waals surface area contributed by atoms with Gasteiger partial charge in [0.05, 0.1) is 61.5 Å². The van der Waals surface area contributed by atoms with Gasteiger partial charge in [-0.25, -0.2) is 19.9 Å². The molecule has 0 fully saturated rings. The van der Waals surface area contributed by atoms with Gasteiger partial charge in [0.1, 0.15) is 12.1 Å². The molecule has 612 valence electrons. The number of para-hydroxylation sites is 1. The predicted molar refractivity (Wildman–Crippen MR) is 535 cm³/mol. The summed E-state index contributed by atoms with van der Waals surface area (Å²) in [5.41, 5.74) is 43.1. The van der Waals surface area contributed by atoms with Crippen molar-refractivity contribution in [1.82, 2.24) is 24.5 Å². The van der Waals surface area contributed by atoms with E-state index < -0.39 is 10.8 Å². The maximum absolute atomic E-state index is 11.0. The Hall–Kier alpha value is -16.1. The Morgan fingerprint density at radius 1 is 0.275 bits per heavy atom. The number of rotatable bonds is 5. The monoisotopic (exact) mass is 1730 g/mol. The molecule has 7 aliphatic rings. The van der Waals surface area contributed by atoms with Crippen LogP contribution in [0.5, 0.6) is 0 Å². The SMILES string of the molecule is CC1(C)c2ccccc2-c2nc(-c3ccc(-n4c5ccccc5c5cc6ccccc6cc54)c(C#N)c3)nc(-c3cccc4c3-c3ccccc3C43c4ccccc4-c4ccccc43)c21.CC1(C)c2ccccc2-c2nc(-c3ccc(Br)c(C#N)c3)nc(-c3cccc4c3-c3ccccc3C43c4ccccc4-c4ccccc43)c21.c1ccc2c(c1)Cc1cc3ccccc3cc1-2. The van der Waals surface area contributed by atoms with Crippen LogP contribution in [0.2, 0.25) is 0 Å². The van der Waals surface area contributed by atoms with Crippen LogP contribution < -0.4 is 0 Å². The number of aromatic nitrogens is 5. The molecule has 0 saturated heterocycles. The van der Waals surface area contributed by atoms with Crippen molar-refractivity contribution in [2.24, 2.45) is 0 Å². The standard InChI is InChI=1S/C61H38N4.C45H28BrN3.C17H12/c1-60(2)47-24-10-8-22-44(47)57-56(60)58(45-23-15-28-51-55(45)43-21-7-13-27-50(43)61(51)48-25-11-5-18-40(48)41-19-6-12-26-49(41)61)64-59(63-57)38-30-31-52(39(32-38)35-62)65-53-29-14-9-20-42(53)46-33-36-16-3-4-17-37(36)34-54(46)65;1-44(2)33-17-7-6-15-31(33)41-40(44)42(49-43(48-41)26-22-23-38(46)27(24-26)25-47)32-16-11-21-37-39(32)30-14-5-10-20-36(30)45(37)34-18-8-3-12-28(34)29-13-4-9-19-35(29)45;1-2-6-13-11-17-15(9-12(13)5-1)10-14-7-3-4-8-16(14)17/h3-34H,1-2H3;3-24H,1-2H3;1-9,11H,10H2. The van der Waals surface area contributed by atoms with Gasteiger partial charge < -0.3 is 4.57 Å². The minimum absolute atomic E-state index is 0.331. The van der Waals surface area contributed by atoms with E-state index in [0.29, 0.717) is 22.8 Å². The molecule has 3 aromatic heterocycles. The summed E-state index contributed by atoms with van der Waals surface area (Å²) in [5.74, 6) is 1.21. The Morgan fingerprint density at radius 2 is 0.634 bits per heavy atom. The van der Waals surface area contributed by atoms with Crippen molar-refractivity contribution >= 4 is 59.3 Å². The van der Waals surface area contributed by atoms with Crippen LogP contribution >= 0.6 is 15.9 Å². The highest BCUT2D eigenvalue weighted by Crippen LogP contribution is 2.68. The number of halogens is 1. The van der Waals surface area contributed by atoms with Crippen LogP contribution in [0.3, 0.4) is 0 Å². The first-order valence-electron chi connectivity index (χ1n) is 45.0. The number of nitrogens with zero attached hydrogens (tertiary/aromatic N) is 7. The Kier molecular flexibility index (Phi) is 16.5. The zero-order valence-corrected chi connectivity index (χ0v) is 73.8. The molecule has 28 rings (SSSR count). The van der Waals surface area contributed by atoms with Crippen molar-refractivity contribution in [3.8, 4) is 141 Å². The van der Waals surface area contributed by atoms with Gasteiger partial charge in [0.2, 0.25) is 0 Å². The van der Waals surface area contributed by atoms with E-state index in [2.05, 4.69) is 424 Å². The van der Waals surface area contributed by atoms with Gasteiger partial charge in [0.15, 0.2) is 11.6 Å². The van der Waals surface area contributed by atoms with E-state index in [1.165, 1.54) is 139 Å². The minimum atomic E-state index is -0.483. The van der Waals surface area contributed by atoms with E-state index >= 15 is 0 Å². The molecule has 7 nitrogen and oxygen atoms in total. The Morgan fingerprint density at radius 3 is 1.12 bits per heavy atom. The van der Waals surface area contributed by atoms with Crippen molar-refractivity contribution < 1.29 is 0 Å². The van der Waals surface area contributed by atoms with Crippen LogP contribution in [0.25, 0.3) is 172 Å². The fraction of sp³-hybridized carbons (Fsp3) is 0.0732. The summed E-state index contributed by atoms with van der Waals surface area (Å²) in [6.07, 6.45) is 1.08. The maximum Gasteiger partial charge on any atom is 0.160 e. The van der Waals surface area contributed by atoms with E-state index in [1.807, 2.05) is 24.3 Å². The summed E-state index contributed by atoms with van der Waals surface area (Å²) >= 11 is 3.54. The van der Waals surface area contributed by atoms with E-state index in [4.69, 9.17) is 19.9 Å². The van der Waals surface area contributed by atoms with Gasteiger partial charge in [0.25, 0.3) is 0 Å². The fourth-order valence-corrected chi connectivity index (χ4v) is 24.4. The summed E-state index contributed by atoms with van der Waals surface area (Å²) in [4.78, 5) is 22.0. The second-order valence-corrected chi connectivity index (χ2v) is 37.6. The largest absolute Gasteiger partial charge is 0.308 e. The Balaban J connectivity index is 0.000000119. The minimum Gasteiger partial charge on any atom is -0.308 e. The highest BCUT2D eigenvalue weighted by molar-refractivity contribution is 9.10. The zero-order chi connectivity index (χ0) is 87.5. The van der Waals surface area contributed by atoms with Gasteiger partial charge in [0, 0.05) is 70.6 Å². The lowest BCUT2D eigenvalue weighted by Gasteiger charge is -2.30. The molecule has 0 N–H and O–H groups in total. The number of hydrogen-bond acceptors (Lipinski definition) is 6. The molecule has 7 aliphatic carbocycles. The molecule has 18 aromatic carbocycles. The molecule has 0 saturated carbocycles.